The number of carbonyl (C=O) groups excluding carboxylic acids is 1. The molecular weight excluding hydrogens is 284 g/mol. The summed E-state index contributed by atoms with van der Waals surface area (Å²) in [6, 6.07) is 16.3. The van der Waals surface area contributed by atoms with E-state index in [9.17, 15) is 4.79 Å². The molecular formula is C17H18O3S. The van der Waals surface area contributed by atoms with E-state index in [4.69, 9.17) is 4.74 Å². The molecule has 4 heteroatoms. The second kappa shape index (κ2) is 7.74. The van der Waals surface area contributed by atoms with Crippen LogP contribution in [0.1, 0.15) is 6.42 Å². The summed E-state index contributed by atoms with van der Waals surface area (Å²) in [7, 11) is 3.06. The molecule has 0 fully saturated rings. The highest BCUT2D eigenvalue weighted by atomic mass is 32.2. The Morgan fingerprint density at radius 1 is 1.05 bits per heavy atom. The van der Waals surface area contributed by atoms with Crippen LogP contribution >= 0.6 is 11.8 Å². The number of hydrogen-bond donors (Lipinski definition) is 0. The van der Waals surface area contributed by atoms with Gasteiger partial charge in [-0.05, 0) is 23.3 Å². The average molecular weight is 302 g/mol. The Bertz CT molecular complexity index is 596. The second-order valence-corrected chi connectivity index (χ2v) is 5.54. The SMILES string of the molecule is COC(=O)CCSc1cc(-c2ccccc2)ccc1OC. The highest BCUT2D eigenvalue weighted by Crippen LogP contribution is 2.34. The van der Waals surface area contributed by atoms with E-state index in [0.717, 1.165) is 21.8 Å². The molecule has 21 heavy (non-hydrogen) atoms. The van der Waals surface area contributed by atoms with Gasteiger partial charge in [0.1, 0.15) is 5.75 Å². The third kappa shape index (κ3) is 4.26. The summed E-state index contributed by atoms with van der Waals surface area (Å²) < 4.78 is 10.0. The van der Waals surface area contributed by atoms with Crippen LogP contribution in [0.15, 0.2) is 53.4 Å². The fourth-order valence-electron chi connectivity index (χ4n) is 1.95. The van der Waals surface area contributed by atoms with Crippen LogP contribution < -0.4 is 4.74 Å². The van der Waals surface area contributed by atoms with Crippen molar-refractivity contribution >= 4 is 17.7 Å². The van der Waals surface area contributed by atoms with E-state index < -0.39 is 0 Å². The van der Waals surface area contributed by atoms with Gasteiger partial charge in [-0.25, -0.2) is 0 Å². The van der Waals surface area contributed by atoms with Gasteiger partial charge < -0.3 is 9.47 Å². The summed E-state index contributed by atoms with van der Waals surface area (Å²) >= 11 is 1.60. The standard InChI is InChI=1S/C17H18O3S/c1-19-15-9-8-14(13-6-4-3-5-7-13)12-16(15)21-11-10-17(18)20-2/h3-9,12H,10-11H2,1-2H3. The molecule has 2 aromatic carbocycles. The first-order valence-corrected chi connectivity index (χ1v) is 7.66. The molecule has 0 aliphatic carbocycles. The van der Waals surface area contributed by atoms with Gasteiger partial charge in [-0.15, -0.1) is 11.8 Å². The molecule has 0 aliphatic rings. The average Bonchev–Trinajstić information content (AvgIpc) is 2.55. The van der Waals surface area contributed by atoms with Crippen LogP contribution in [0.3, 0.4) is 0 Å². The van der Waals surface area contributed by atoms with Gasteiger partial charge in [-0.1, -0.05) is 36.4 Å². The lowest BCUT2D eigenvalue weighted by Gasteiger charge is -2.10. The molecule has 2 rings (SSSR count). The van der Waals surface area contributed by atoms with Crippen molar-refractivity contribution in [3.63, 3.8) is 0 Å². The van der Waals surface area contributed by atoms with E-state index in [-0.39, 0.29) is 5.97 Å². The first-order valence-electron chi connectivity index (χ1n) is 6.67. The Hall–Kier alpha value is -1.94. The number of rotatable bonds is 6. The number of ether oxygens (including phenoxy) is 2. The molecule has 0 unspecified atom stereocenters. The maximum absolute atomic E-state index is 11.2. The third-order valence-corrected chi connectivity index (χ3v) is 4.10. The zero-order valence-electron chi connectivity index (χ0n) is 12.2. The first kappa shape index (κ1) is 15.4. The highest BCUT2D eigenvalue weighted by molar-refractivity contribution is 7.99. The van der Waals surface area contributed by atoms with Crippen LogP contribution in [0.25, 0.3) is 11.1 Å². The topological polar surface area (TPSA) is 35.5 Å². The molecule has 0 bridgehead atoms. The Kier molecular flexibility index (Phi) is 5.69. The van der Waals surface area contributed by atoms with Crippen molar-refractivity contribution in [3.8, 4) is 16.9 Å². The molecule has 0 N–H and O–H groups in total. The number of esters is 1. The summed E-state index contributed by atoms with van der Waals surface area (Å²) in [6.07, 6.45) is 0.389. The number of thioether (sulfide) groups is 1. The van der Waals surface area contributed by atoms with Gasteiger partial charge in [0.2, 0.25) is 0 Å². The van der Waals surface area contributed by atoms with Crippen molar-refractivity contribution in [3.05, 3.63) is 48.5 Å². The Balaban J connectivity index is 2.16. The van der Waals surface area contributed by atoms with Gasteiger partial charge in [0.05, 0.1) is 20.6 Å². The zero-order valence-corrected chi connectivity index (χ0v) is 13.0. The van der Waals surface area contributed by atoms with Crippen LogP contribution in [-0.4, -0.2) is 25.9 Å². The lowest BCUT2D eigenvalue weighted by atomic mass is 10.1. The monoisotopic (exact) mass is 302 g/mol. The van der Waals surface area contributed by atoms with Crippen molar-refractivity contribution in [2.24, 2.45) is 0 Å². The lowest BCUT2D eigenvalue weighted by Crippen LogP contribution is -2.01. The molecule has 0 spiro atoms. The van der Waals surface area contributed by atoms with Gasteiger partial charge in [-0.2, -0.15) is 0 Å². The predicted octanol–water partition coefficient (Wildman–Crippen LogP) is 4.02. The lowest BCUT2D eigenvalue weighted by molar-refractivity contribution is -0.140. The first-order chi connectivity index (χ1) is 10.2. The smallest absolute Gasteiger partial charge is 0.306 e. The van der Waals surface area contributed by atoms with E-state index in [1.807, 2.05) is 30.3 Å². The number of hydrogen-bond acceptors (Lipinski definition) is 4. The third-order valence-electron chi connectivity index (χ3n) is 3.06. The Morgan fingerprint density at radius 3 is 2.48 bits per heavy atom. The van der Waals surface area contributed by atoms with Crippen molar-refractivity contribution in [2.45, 2.75) is 11.3 Å². The molecule has 0 saturated carbocycles. The fraction of sp³-hybridized carbons (Fsp3) is 0.235. The number of benzene rings is 2. The molecule has 0 aromatic heterocycles. The zero-order chi connectivity index (χ0) is 15.1. The van der Waals surface area contributed by atoms with Crippen LogP contribution in [0.5, 0.6) is 5.75 Å². The Morgan fingerprint density at radius 2 is 1.81 bits per heavy atom. The van der Waals surface area contributed by atoms with Crippen LogP contribution in [0.2, 0.25) is 0 Å². The molecule has 0 atom stereocenters. The van der Waals surface area contributed by atoms with Gasteiger partial charge in [-0.3, -0.25) is 4.79 Å². The number of carbonyl (C=O) groups is 1. The van der Waals surface area contributed by atoms with Crippen LogP contribution in [0.4, 0.5) is 0 Å². The maximum Gasteiger partial charge on any atom is 0.306 e. The van der Waals surface area contributed by atoms with E-state index in [0.29, 0.717) is 12.2 Å². The summed E-state index contributed by atoms with van der Waals surface area (Å²) in [5.41, 5.74) is 2.30. The molecule has 0 aliphatic heterocycles. The summed E-state index contributed by atoms with van der Waals surface area (Å²) in [5.74, 6) is 1.30. The minimum atomic E-state index is -0.194. The molecule has 2 aromatic rings. The molecule has 0 radical (unpaired) electrons. The quantitative estimate of drug-likeness (QED) is 0.596. The summed E-state index contributed by atoms with van der Waals surface area (Å²) in [5, 5.41) is 0. The minimum Gasteiger partial charge on any atom is -0.496 e. The molecule has 3 nitrogen and oxygen atoms in total. The fourth-order valence-corrected chi connectivity index (χ4v) is 2.94. The van der Waals surface area contributed by atoms with Crippen molar-refractivity contribution in [1.82, 2.24) is 0 Å². The summed E-state index contributed by atoms with van der Waals surface area (Å²) in [4.78, 5) is 12.2. The van der Waals surface area contributed by atoms with Crippen molar-refractivity contribution in [1.29, 1.82) is 0 Å². The van der Waals surface area contributed by atoms with E-state index in [1.54, 1.807) is 18.9 Å². The minimum absolute atomic E-state index is 0.194. The van der Waals surface area contributed by atoms with E-state index in [1.165, 1.54) is 7.11 Å². The van der Waals surface area contributed by atoms with Gasteiger partial charge >= 0.3 is 5.97 Å². The largest absolute Gasteiger partial charge is 0.496 e. The van der Waals surface area contributed by atoms with Gasteiger partial charge in [0, 0.05) is 10.6 Å². The van der Waals surface area contributed by atoms with Gasteiger partial charge in [0.15, 0.2) is 0 Å². The van der Waals surface area contributed by atoms with E-state index >= 15 is 0 Å². The van der Waals surface area contributed by atoms with Crippen molar-refractivity contribution in [2.75, 3.05) is 20.0 Å². The molecule has 0 heterocycles. The van der Waals surface area contributed by atoms with Crippen LogP contribution in [-0.2, 0) is 9.53 Å². The normalized spacial score (nSPS) is 10.2. The second-order valence-electron chi connectivity index (χ2n) is 4.41. The van der Waals surface area contributed by atoms with Gasteiger partial charge in [0.25, 0.3) is 0 Å². The molecule has 0 saturated heterocycles. The van der Waals surface area contributed by atoms with Crippen molar-refractivity contribution < 1.29 is 14.3 Å². The maximum atomic E-state index is 11.2. The molecule has 0 amide bonds. The summed E-state index contributed by atoms with van der Waals surface area (Å²) in [6.45, 7) is 0. The highest BCUT2D eigenvalue weighted by Gasteiger charge is 2.08. The van der Waals surface area contributed by atoms with Crippen LogP contribution in [0, 0.1) is 0 Å². The molecule has 110 valence electrons. The predicted molar refractivity (Wildman–Crippen MR) is 85.8 cm³/mol. The van der Waals surface area contributed by atoms with E-state index in [2.05, 4.69) is 22.9 Å². The Labute approximate surface area is 129 Å². The number of methoxy groups -OCH3 is 2.